The minimum absolute atomic E-state index is 0.180. The van der Waals surface area contributed by atoms with Crippen LogP contribution >= 0.6 is 24.0 Å². The number of ether oxygens (including phenoxy) is 1. The average molecular weight is 489 g/mol. The molecule has 2 aromatic carbocycles. The van der Waals surface area contributed by atoms with Crippen molar-refractivity contribution in [2.75, 3.05) is 19.0 Å². The van der Waals surface area contributed by atoms with Crippen molar-refractivity contribution in [3.63, 3.8) is 0 Å². The highest BCUT2D eigenvalue weighted by Gasteiger charge is 2.66. The molecule has 0 bridgehead atoms. The molecule has 0 amide bonds. The highest BCUT2D eigenvalue weighted by Crippen LogP contribution is 2.65. The smallest absolute Gasteiger partial charge is 0.335 e. The van der Waals surface area contributed by atoms with Gasteiger partial charge in [-0.1, -0.05) is 72.9 Å². The fourth-order valence-corrected chi connectivity index (χ4v) is 8.14. The largest absolute Gasteiger partial charge is 0.466 e. The van der Waals surface area contributed by atoms with Gasteiger partial charge in [0.2, 0.25) is 0 Å². The summed E-state index contributed by atoms with van der Waals surface area (Å²) in [7, 11) is 1.49. The molecule has 0 saturated carbocycles. The normalized spacial score (nSPS) is 28.7. The first-order valence-electron chi connectivity index (χ1n) is 11.9. The van der Waals surface area contributed by atoms with Crippen LogP contribution in [-0.4, -0.2) is 35.6 Å². The summed E-state index contributed by atoms with van der Waals surface area (Å²) in [5, 5.41) is 3.65. The number of carbonyl (C=O) groups is 1. The molecule has 4 aliphatic rings. The van der Waals surface area contributed by atoms with Gasteiger partial charge < -0.3 is 15.0 Å². The first-order valence-corrected chi connectivity index (χ1v) is 13.1. The Hall–Kier alpha value is -2.57. The zero-order valence-corrected chi connectivity index (χ0v) is 21.3. The first-order chi connectivity index (χ1) is 16.4. The summed E-state index contributed by atoms with van der Waals surface area (Å²) < 4.78 is 5.32. The molecule has 0 radical (unpaired) electrons. The zero-order valence-electron chi connectivity index (χ0n) is 19.7. The molecule has 174 valence electrons. The Labute approximate surface area is 210 Å². The van der Waals surface area contributed by atoms with E-state index >= 15 is 0 Å². The van der Waals surface area contributed by atoms with E-state index in [9.17, 15) is 4.79 Å². The van der Waals surface area contributed by atoms with E-state index in [2.05, 4.69) is 78.7 Å². The van der Waals surface area contributed by atoms with Gasteiger partial charge in [0.1, 0.15) is 4.99 Å². The summed E-state index contributed by atoms with van der Waals surface area (Å²) in [6.07, 6.45) is 4.90. The fourth-order valence-electron chi connectivity index (χ4n) is 6.73. The van der Waals surface area contributed by atoms with E-state index < -0.39 is 0 Å². The molecule has 1 fully saturated rings. The van der Waals surface area contributed by atoms with Crippen molar-refractivity contribution in [1.82, 2.24) is 4.90 Å². The van der Waals surface area contributed by atoms with E-state index in [-0.39, 0.29) is 22.8 Å². The maximum atomic E-state index is 13.1. The molecule has 2 aromatic rings. The van der Waals surface area contributed by atoms with E-state index in [1.165, 1.54) is 23.1 Å². The standard InChI is InChI=1S/C28H28N2O2S2/c1-4-27-15-19(25(31)32-3)23-28(20-7-5-6-8-21(20)29-23)13-14-30(26(27)28)24(33)22(16-27)34-18-11-9-17(2)10-12-18/h5-12,16,26,29H,4,13-15H2,1-3H3/t26-,27+,28-/m0/s1. The maximum absolute atomic E-state index is 13.1. The molecule has 1 N–H and O–H groups in total. The van der Waals surface area contributed by atoms with Gasteiger partial charge in [-0.15, -0.1) is 0 Å². The van der Waals surface area contributed by atoms with E-state index in [0.717, 1.165) is 46.2 Å². The number of thioether (sulfide) groups is 1. The lowest BCUT2D eigenvalue weighted by molar-refractivity contribution is -0.137. The molecular formula is C28H28N2O2S2. The van der Waals surface area contributed by atoms with Gasteiger partial charge in [-0.2, -0.15) is 0 Å². The fraction of sp³-hybridized carbons (Fsp3) is 0.357. The number of hydrogen-bond donors (Lipinski definition) is 1. The van der Waals surface area contributed by atoms with E-state index in [4.69, 9.17) is 17.0 Å². The molecule has 1 saturated heterocycles. The molecule has 4 nitrogen and oxygen atoms in total. The predicted molar refractivity (Wildman–Crippen MR) is 141 cm³/mol. The average Bonchev–Trinajstić information content (AvgIpc) is 3.43. The number of para-hydroxylation sites is 1. The van der Waals surface area contributed by atoms with Crippen LogP contribution in [0.5, 0.6) is 0 Å². The summed E-state index contributed by atoms with van der Waals surface area (Å²) in [6, 6.07) is 17.3. The van der Waals surface area contributed by atoms with Crippen LogP contribution in [0.3, 0.4) is 0 Å². The van der Waals surface area contributed by atoms with Crippen LogP contribution < -0.4 is 5.32 Å². The van der Waals surface area contributed by atoms with Gasteiger partial charge in [0.05, 0.1) is 24.1 Å². The van der Waals surface area contributed by atoms with Crippen LogP contribution in [0.15, 0.2) is 75.7 Å². The third kappa shape index (κ3) is 2.85. The van der Waals surface area contributed by atoms with Gasteiger partial charge >= 0.3 is 5.97 Å². The minimum Gasteiger partial charge on any atom is -0.466 e. The number of anilines is 1. The lowest BCUT2D eigenvalue weighted by atomic mass is 9.55. The number of esters is 1. The maximum Gasteiger partial charge on any atom is 0.335 e. The second-order valence-electron chi connectivity index (χ2n) is 9.83. The van der Waals surface area contributed by atoms with Crippen LogP contribution in [0, 0.1) is 12.3 Å². The third-order valence-electron chi connectivity index (χ3n) is 8.22. The Morgan fingerprint density at radius 3 is 2.74 bits per heavy atom. The number of hydrogen-bond acceptors (Lipinski definition) is 5. The van der Waals surface area contributed by atoms with Crippen LogP contribution in [-0.2, 0) is 14.9 Å². The molecule has 3 atom stereocenters. The number of aryl methyl sites for hydroxylation is 1. The molecule has 1 spiro atoms. The summed E-state index contributed by atoms with van der Waals surface area (Å²) in [6.45, 7) is 5.23. The monoisotopic (exact) mass is 488 g/mol. The second kappa shape index (κ2) is 7.72. The highest BCUT2D eigenvalue weighted by atomic mass is 32.2. The van der Waals surface area contributed by atoms with Crippen LogP contribution in [0.2, 0.25) is 0 Å². The summed E-state index contributed by atoms with van der Waals surface area (Å²) in [4.78, 5) is 18.9. The van der Waals surface area contributed by atoms with E-state index in [1.54, 1.807) is 11.8 Å². The van der Waals surface area contributed by atoms with Gasteiger partial charge in [0.25, 0.3) is 0 Å². The molecule has 0 unspecified atom stereocenters. The lowest BCUT2D eigenvalue weighted by Crippen LogP contribution is -2.60. The third-order valence-corrected chi connectivity index (χ3v) is 9.84. The number of thiocarbonyl (C=S) groups is 1. The Balaban J connectivity index is 1.55. The molecule has 1 aliphatic carbocycles. The number of rotatable bonds is 4. The van der Waals surface area contributed by atoms with Crippen molar-refractivity contribution < 1.29 is 9.53 Å². The van der Waals surface area contributed by atoms with Gasteiger partial charge in [0.15, 0.2) is 0 Å². The molecular weight excluding hydrogens is 460 g/mol. The number of benzene rings is 2. The number of methoxy groups -OCH3 is 1. The summed E-state index contributed by atoms with van der Waals surface area (Å²) in [5.74, 6) is -0.228. The zero-order chi connectivity index (χ0) is 23.7. The molecule has 34 heavy (non-hydrogen) atoms. The van der Waals surface area contributed by atoms with Crippen molar-refractivity contribution in [2.45, 2.75) is 49.5 Å². The second-order valence-corrected chi connectivity index (χ2v) is 11.3. The number of nitrogens with zero attached hydrogens (tertiary/aromatic N) is 1. The number of nitrogens with one attached hydrogen (secondary N) is 1. The Bertz CT molecular complexity index is 1280. The highest BCUT2D eigenvalue weighted by molar-refractivity contribution is 8.05. The van der Waals surface area contributed by atoms with Gasteiger partial charge in [-0.25, -0.2) is 4.79 Å². The van der Waals surface area contributed by atoms with Gasteiger partial charge in [-0.3, -0.25) is 0 Å². The predicted octanol–water partition coefficient (Wildman–Crippen LogP) is 5.98. The molecule has 6 heteroatoms. The topological polar surface area (TPSA) is 41.6 Å². The Kier molecular flexibility index (Phi) is 4.98. The molecule has 3 heterocycles. The summed E-state index contributed by atoms with van der Waals surface area (Å²) in [5.41, 5.74) is 4.94. The van der Waals surface area contributed by atoms with Crippen LogP contribution in [0.1, 0.15) is 37.3 Å². The van der Waals surface area contributed by atoms with Crippen molar-refractivity contribution in [3.8, 4) is 0 Å². The van der Waals surface area contributed by atoms with Crippen molar-refractivity contribution in [1.29, 1.82) is 0 Å². The molecule has 3 aliphatic heterocycles. The van der Waals surface area contributed by atoms with Crippen molar-refractivity contribution >= 4 is 40.6 Å². The first kappa shape index (κ1) is 21.9. The number of carbonyl (C=O) groups excluding carboxylic acids is 1. The van der Waals surface area contributed by atoms with Crippen molar-refractivity contribution in [3.05, 3.63) is 81.9 Å². The Morgan fingerprint density at radius 2 is 2.00 bits per heavy atom. The van der Waals surface area contributed by atoms with E-state index in [0.29, 0.717) is 6.42 Å². The quantitative estimate of drug-likeness (QED) is 0.422. The Morgan fingerprint density at radius 1 is 1.24 bits per heavy atom. The SMILES string of the molecule is CC[C@]12C=C(Sc3ccc(C)cc3)C(=S)N3CC[C@]4(C(=C(C(=O)OC)C1)Nc1ccccc14)[C@@H]32. The van der Waals surface area contributed by atoms with Crippen LogP contribution in [0.4, 0.5) is 5.69 Å². The van der Waals surface area contributed by atoms with Gasteiger partial charge in [-0.05, 0) is 49.9 Å². The van der Waals surface area contributed by atoms with Crippen molar-refractivity contribution in [2.24, 2.45) is 5.41 Å². The van der Waals surface area contributed by atoms with E-state index in [1.807, 2.05) is 0 Å². The molecule has 6 rings (SSSR count). The minimum atomic E-state index is -0.283. The van der Waals surface area contributed by atoms with Gasteiger partial charge in [0, 0.05) is 33.1 Å². The van der Waals surface area contributed by atoms with Crippen LogP contribution in [0.25, 0.3) is 0 Å². The number of fused-ring (bicyclic) bond motifs is 1. The summed E-state index contributed by atoms with van der Waals surface area (Å²) >= 11 is 7.88. The molecule has 0 aromatic heterocycles. The lowest BCUT2D eigenvalue weighted by Gasteiger charge is -2.54.